The topological polar surface area (TPSA) is 70.7 Å². The number of rotatable bonds is 6. The van der Waals surface area contributed by atoms with E-state index < -0.39 is 0 Å². The van der Waals surface area contributed by atoms with Gasteiger partial charge in [-0.2, -0.15) is 0 Å². The minimum absolute atomic E-state index is 0.0139. The number of pyridine rings is 1. The summed E-state index contributed by atoms with van der Waals surface area (Å²) in [6.07, 6.45) is 2.38. The Balaban J connectivity index is 1.47. The van der Waals surface area contributed by atoms with Crippen molar-refractivity contribution in [1.82, 2.24) is 20.3 Å². The van der Waals surface area contributed by atoms with Crippen molar-refractivity contribution in [3.63, 3.8) is 0 Å². The molecule has 5 nitrogen and oxygen atoms in total. The number of halogens is 1. The van der Waals surface area contributed by atoms with E-state index in [4.69, 9.17) is 11.6 Å². The number of thioether (sulfide) groups is 1. The van der Waals surface area contributed by atoms with E-state index in [0.29, 0.717) is 28.1 Å². The van der Waals surface area contributed by atoms with Crippen molar-refractivity contribution in [2.75, 3.05) is 12.3 Å². The van der Waals surface area contributed by atoms with Crippen LogP contribution in [0.1, 0.15) is 11.1 Å². The minimum Gasteiger partial charge on any atom is -0.355 e. The molecule has 2 aromatic heterocycles. The molecule has 0 saturated carbocycles. The molecule has 0 bridgehead atoms. The molecule has 124 valence electrons. The number of fused-ring (bicyclic) bond motifs is 1. The van der Waals surface area contributed by atoms with Crippen molar-refractivity contribution in [2.45, 2.75) is 18.5 Å². The summed E-state index contributed by atoms with van der Waals surface area (Å²) in [5.41, 5.74) is 3.87. The van der Waals surface area contributed by atoms with Crippen LogP contribution in [0, 0.1) is 6.92 Å². The molecule has 0 saturated heterocycles. The molecular weight excluding hydrogens is 344 g/mol. The fourth-order valence-corrected chi connectivity index (χ4v) is 3.19. The fourth-order valence-electron chi connectivity index (χ4n) is 2.33. The molecule has 1 amide bonds. The Morgan fingerprint density at radius 2 is 2.21 bits per heavy atom. The lowest BCUT2D eigenvalue weighted by Gasteiger charge is -2.07. The largest absolute Gasteiger partial charge is 0.355 e. The second kappa shape index (κ2) is 7.68. The smallest absolute Gasteiger partial charge is 0.230 e. The number of aryl methyl sites for hydroxylation is 1. The molecule has 3 rings (SSSR count). The Morgan fingerprint density at radius 3 is 3.04 bits per heavy atom. The van der Waals surface area contributed by atoms with Crippen molar-refractivity contribution < 1.29 is 4.79 Å². The van der Waals surface area contributed by atoms with Crippen molar-refractivity contribution in [1.29, 1.82) is 0 Å². The predicted molar refractivity (Wildman–Crippen MR) is 97.5 cm³/mol. The van der Waals surface area contributed by atoms with Gasteiger partial charge in [0.1, 0.15) is 0 Å². The number of aromatic nitrogens is 3. The number of hydrogen-bond acceptors (Lipinski definition) is 4. The quantitative estimate of drug-likeness (QED) is 0.661. The van der Waals surface area contributed by atoms with Gasteiger partial charge in [-0.15, -0.1) is 0 Å². The van der Waals surface area contributed by atoms with Gasteiger partial charge in [0.2, 0.25) is 5.91 Å². The Bertz CT molecular complexity index is 865. The van der Waals surface area contributed by atoms with E-state index in [-0.39, 0.29) is 5.91 Å². The van der Waals surface area contributed by atoms with Crippen LogP contribution in [0.25, 0.3) is 11.2 Å². The van der Waals surface area contributed by atoms with Gasteiger partial charge in [0.05, 0.1) is 16.3 Å². The number of imidazole rings is 1. The van der Waals surface area contributed by atoms with E-state index >= 15 is 0 Å². The first kappa shape index (κ1) is 16.8. The van der Waals surface area contributed by atoms with E-state index in [1.807, 2.05) is 12.1 Å². The standard InChI is InChI=1S/C17H17ClN4OS/c1-11-4-2-3-5-12(11)6-7-19-15(23)10-24-17-21-14-8-13(18)9-20-16(14)22-17/h2-5,8-9H,6-7,10H2,1H3,(H,19,23)(H,20,21,22). The minimum atomic E-state index is -0.0139. The van der Waals surface area contributed by atoms with Gasteiger partial charge in [0, 0.05) is 12.7 Å². The Hall–Kier alpha value is -2.05. The molecule has 2 heterocycles. The molecular formula is C17H17ClN4OS. The molecule has 0 aliphatic carbocycles. The molecule has 0 radical (unpaired) electrons. The normalized spacial score (nSPS) is 10.9. The maximum atomic E-state index is 12.0. The van der Waals surface area contributed by atoms with Crippen LogP contribution in [0.3, 0.4) is 0 Å². The number of carbonyl (C=O) groups excluding carboxylic acids is 1. The summed E-state index contributed by atoms with van der Waals surface area (Å²) in [6, 6.07) is 9.96. The van der Waals surface area contributed by atoms with E-state index in [1.165, 1.54) is 22.9 Å². The summed E-state index contributed by atoms with van der Waals surface area (Å²) in [7, 11) is 0. The Kier molecular flexibility index (Phi) is 5.37. The van der Waals surface area contributed by atoms with Crippen LogP contribution in [0.5, 0.6) is 0 Å². The molecule has 24 heavy (non-hydrogen) atoms. The maximum absolute atomic E-state index is 12.0. The third kappa shape index (κ3) is 4.27. The molecule has 0 fully saturated rings. The average molecular weight is 361 g/mol. The van der Waals surface area contributed by atoms with E-state index in [9.17, 15) is 4.79 Å². The van der Waals surface area contributed by atoms with Crippen LogP contribution in [-0.4, -0.2) is 33.2 Å². The van der Waals surface area contributed by atoms with Crippen LogP contribution in [0.15, 0.2) is 41.7 Å². The number of amides is 1. The highest BCUT2D eigenvalue weighted by molar-refractivity contribution is 7.99. The molecule has 2 N–H and O–H groups in total. The van der Waals surface area contributed by atoms with Crippen LogP contribution in [0.2, 0.25) is 5.02 Å². The lowest BCUT2D eigenvalue weighted by Crippen LogP contribution is -2.27. The fraction of sp³-hybridized carbons (Fsp3) is 0.235. The first-order valence-corrected chi connectivity index (χ1v) is 8.93. The molecule has 3 aromatic rings. The zero-order valence-corrected chi connectivity index (χ0v) is 14.7. The SMILES string of the molecule is Cc1ccccc1CCNC(=O)CSc1nc2ncc(Cl)cc2[nH]1. The van der Waals surface area contributed by atoms with Crippen molar-refractivity contribution in [3.05, 3.63) is 52.7 Å². The second-order valence-electron chi connectivity index (χ2n) is 5.38. The zero-order chi connectivity index (χ0) is 16.9. The summed E-state index contributed by atoms with van der Waals surface area (Å²) in [6.45, 7) is 2.70. The van der Waals surface area contributed by atoms with Gasteiger partial charge in [-0.25, -0.2) is 9.97 Å². The van der Waals surface area contributed by atoms with E-state index in [0.717, 1.165) is 11.9 Å². The number of carbonyl (C=O) groups is 1. The summed E-state index contributed by atoms with van der Waals surface area (Å²) >= 11 is 7.24. The molecule has 0 spiro atoms. The Labute approximate surface area is 149 Å². The zero-order valence-electron chi connectivity index (χ0n) is 13.2. The van der Waals surface area contributed by atoms with E-state index in [2.05, 4.69) is 39.3 Å². The third-order valence-electron chi connectivity index (χ3n) is 3.60. The van der Waals surface area contributed by atoms with Gasteiger partial charge < -0.3 is 10.3 Å². The van der Waals surface area contributed by atoms with Crippen molar-refractivity contribution >= 4 is 40.4 Å². The summed E-state index contributed by atoms with van der Waals surface area (Å²) in [5, 5.41) is 4.15. The van der Waals surface area contributed by atoms with Gasteiger partial charge in [-0.3, -0.25) is 4.79 Å². The number of nitrogens with one attached hydrogen (secondary N) is 2. The number of H-pyrrole nitrogens is 1. The van der Waals surface area contributed by atoms with Gasteiger partial charge >= 0.3 is 0 Å². The second-order valence-corrected chi connectivity index (χ2v) is 6.78. The first-order chi connectivity index (χ1) is 11.6. The first-order valence-electron chi connectivity index (χ1n) is 7.57. The molecule has 1 aromatic carbocycles. The highest BCUT2D eigenvalue weighted by atomic mass is 35.5. The Morgan fingerprint density at radius 1 is 1.38 bits per heavy atom. The lowest BCUT2D eigenvalue weighted by atomic mass is 10.1. The van der Waals surface area contributed by atoms with Gasteiger partial charge in [-0.1, -0.05) is 47.6 Å². The number of benzene rings is 1. The summed E-state index contributed by atoms with van der Waals surface area (Å²) < 4.78 is 0. The van der Waals surface area contributed by atoms with Crippen LogP contribution < -0.4 is 5.32 Å². The number of aromatic amines is 1. The molecule has 0 aliphatic rings. The van der Waals surface area contributed by atoms with E-state index in [1.54, 1.807) is 12.3 Å². The summed E-state index contributed by atoms with van der Waals surface area (Å²) in [5.74, 6) is 0.293. The molecule has 0 aliphatic heterocycles. The molecule has 7 heteroatoms. The highest BCUT2D eigenvalue weighted by Gasteiger charge is 2.08. The monoisotopic (exact) mass is 360 g/mol. The average Bonchev–Trinajstić information content (AvgIpc) is 2.97. The molecule has 0 atom stereocenters. The van der Waals surface area contributed by atoms with Gasteiger partial charge in [-0.05, 0) is 30.5 Å². The lowest BCUT2D eigenvalue weighted by molar-refractivity contribution is -0.118. The van der Waals surface area contributed by atoms with Crippen LogP contribution in [0.4, 0.5) is 0 Å². The number of nitrogens with zero attached hydrogens (tertiary/aromatic N) is 2. The van der Waals surface area contributed by atoms with Gasteiger partial charge in [0.15, 0.2) is 10.8 Å². The predicted octanol–water partition coefficient (Wildman–Crippen LogP) is 3.37. The van der Waals surface area contributed by atoms with Crippen LogP contribution >= 0.6 is 23.4 Å². The maximum Gasteiger partial charge on any atom is 0.230 e. The molecule has 0 unspecified atom stereocenters. The van der Waals surface area contributed by atoms with Crippen molar-refractivity contribution in [3.8, 4) is 0 Å². The van der Waals surface area contributed by atoms with Gasteiger partial charge in [0.25, 0.3) is 0 Å². The van der Waals surface area contributed by atoms with Crippen molar-refractivity contribution in [2.24, 2.45) is 0 Å². The third-order valence-corrected chi connectivity index (χ3v) is 4.68. The number of hydrogen-bond donors (Lipinski definition) is 2. The summed E-state index contributed by atoms with van der Waals surface area (Å²) in [4.78, 5) is 23.5. The van der Waals surface area contributed by atoms with Crippen LogP contribution in [-0.2, 0) is 11.2 Å². The highest BCUT2D eigenvalue weighted by Crippen LogP contribution is 2.20.